The molecule has 0 aromatic heterocycles. The molecular weight excluding hydrogens is 489 g/mol. The van der Waals surface area contributed by atoms with Gasteiger partial charge in [0, 0.05) is 0 Å². The predicted octanol–water partition coefficient (Wildman–Crippen LogP) is 3.59. The monoisotopic (exact) mass is 523 g/mol. The van der Waals surface area contributed by atoms with Gasteiger partial charge in [0.15, 0.2) is 0 Å². The van der Waals surface area contributed by atoms with Crippen molar-refractivity contribution in [2.24, 2.45) is 5.73 Å². The third-order valence-electron chi connectivity index (χ3n) is 5.80. The lowest BCUT2D eigenvalue weighted by Crippen LogP contribution is -2.21. The van der Waals surface area contributed by atoms with Crippen LogP contribution in [0.2, 0.25) is 0 Å². The maximum Gasteiger partial charge on any atom is 0.341 e. The van der Waals surface area contributed by atoms with Gasteiger partial charge in [-0.05, 0) is 73.8 Å². The van der Waals surface area contributed by atoms with E-state index in [1.54, 1.807) is 6.07 Å². The number of nitrogens with two attached hydrogens (primary N) is 1. The van der Waals surface area contributed by atoms with E-state index in [1.165, 1.54) is 45.7 Å². The van der Waals surface area contributed by atoms with E-state index >= 15 is 0 Å². The van der Waals surface area contributed by atoms with Crippen LogP contribution in [-0.2, 0) is 21.2 Å². The Morgan fingerprint density at radius 3 is 2.31 bits per heavy atom. The van der Waals surface area contributed by atoms with Crippen molar-refractivity contribution in [1.29, 1.82) is 0 Å². The van der Waals surface area contributed by atoms with Crippen LogP contribution in [0.3, 0.4) is 0 Å². The molecule has 2 aromatic carbocycles. The first kappa shape index (κ1) is 29.1. The molecule has 0 saturated carbocycles. The zero-order chi connectivity index (χ0) is 27.0. The molecule has 1 aliphatic rings. The number of carboxylic acid groups (broad SMARTS) is 1. The molecule has 198 valence electrons. The Labute approximate surface area is 211 Å². The molecular formula is C25H34FN3O6S. The van der Waals surface area contributed by atoms with Crippen molar-refractivity contribution in [3.05, 3.63) is 52.8 Å². The van der Waals surface area contributed by atoms with Crippen LogP contribution in [0, 0.1) is 5.82 Å². The van der Waals surface area contributed by atoms with Crippen LogP contribution in [0.4, 0.5) is 10.1 Å². The molecule has 11 heteroatoms. The van der Waals surface area contributed by atoms with Gasteiger partial charge >= 0.3 is 5.97 Å². The highest BCUT2D eigenvalue weighted by Gasteiger charge is 2.26. The topological polar surface area (TPSA) is 139 Å². The lowest BCUT2D eigenvalue weighted by Gasteiger charge is -2.19. The summed E-state index contributed by atoms with van der Waals surface area (Å²) in [5.41, 5.74) is 4.97. The highest BCUT2D eigenvalue weighted by Crippen LogP contribution is 2.36. The minimum Gasteiger partial charge on any atom is -0.495 e. The maximum absolute atomic E-state index is 13.5. The first-order valence-corrected chi connectivity index (χ1v) is 13.2. The minimum absolute atomic E-state index is 0.0316. The summed E-state index contributed by atoms with van der Waals surface area (Å²) < 4.78 is 46.7. The van der Waals surface area contributed by atoms with Gasteiger partial charge < -0.3 is 20.5 Å². The summed E-state index contributed by atoms with van der Waals surface area (Å²) in [4.78, 5) is 25.2. The number of methoxy groups -OCH3 is 1. The van der Waals surface area contributed by atoms with Crippen molar-refractivity contribution < 1.29 is 32.2 Å². The Kier molecular flexibility index (Phi) is 10.2. The molecule has 1 aliphatic heterocycles. The number of anilines is 1. The molecule has 0 unspecified atom stereocenters. The Balaban J connectivity index is 0.000000558. The van der Waals surface area contributed by atoms with E-state index < -0.39 is 34.1 Å². The summed E-state index contributed by atoms with van der Waals surface area (Å²) >= 11 is 0. The molecule has 9 nitrogen and oxygen atoms in total. The largest absolute Gasteiger partial charge is 0.495 e. The van der Waals surface area contributed by atoms with Crippen LogP contribution in [0.15, 0.2) is 35.2 Å². The van der Waals surface area contributed by atoms with Gasteiger partial charge in [0.2, 0.25) is 5.91 Å². The van der Waals surface area contributed by atoms with Gasteiger partial charge in [-0.3, -0.25) is 9.52 Å². The fraction of sp³-hybridized carbons (Fsp3) is 0.440. The number of benzene rings is 2. The maximum atomic E-state index is 13.5. The van der Waals surface area contributed by atoms with Gasteiger partial charge in [0.1, 0.15) is 17.1 Å². The van der Waals surface area contributed by atoms with E-state index in [2.05, 4.69) is 16.5 Å². The van der Waals surface area contributed by atoms with Crippen LogP contribution in [-0.4, -0.2) is 57.0 Å². The minimum atomic E-state index is -4.36. The normalized spacial score (nSPS) is 13.7. The lowest BCUT2D eigenvalue weighted by atomic mass is 9.98. The highest BCUT2D eigenvalue weighted by molar-refractivity contribution is 7.92. The van der Waals surface area contributed by atoms with Gasteiger partial charge in [-0.15, -0.1) is 0 Å². The van der Waals surface area contributed by atoms with Crippen LogP contribution in [0.25, 0.3) is 0 Å². The zero-order valence-corrected chi connectivity index (χ0v) is 21.8. The number of nitrogens with one attached hydrogen (secondary N) is 1. The van der Waals surface area contributed by atoms with Crippen molar-refractivity contribution in [2.75, 3.05) is 31.5 Å². The number of likely N-dealkylation sites (tertiary alicyclic amines) is 1. The third-order valence-corrected chi connectivity index (χ3v) is 7.26. The number of sulfonamides is 1. The zero-order valence-electron chi connectivity index (χ0n) is 21.0. The van der Waals surface area contributed by atoms with E-state index in [1.807, 2.05) is 13.8 Å². The average molecular weight is 524 g/mol. The molecule has 36 heavy (non-hydrogen) atoms. The van der Waals surface area contributed by atoms with Crippen LogP contribution >= 0.6 is 0 Å². The molecule has 2 aromatic rings. The summed E-state index contributed by atoms with van der Waals surface area (Å²) in [5.74, 6) is -3.02. The number of carbonyl (C=O) groups excluding carboxylic acids is 1. The fourth-order valence-corrected chi connectivity index (χ4v) is 5.30. The number of halogens is 1. The van der Waals surface area contributed by atoms with Gasteiger partial charge in [-0.2, -0.15) is 0 Å². The van der Waals surface area contributed by atoms with Crippen molar-refractivity contribution >= 4 is 27.6 Å². The van der Waals surface area contributed by atoms with Crippen LogP contribution in [0.5, 0.6) is 5.75 Å². The summed E-state index contributed by atoms with van der Waals surface area (Å²) in [6, 6.07) is 5.66. The Bertz CT molecular complexity index is 1190. The van der Waals surface area contributed by atoms with Crippen molar-refractivity contribution in [1.82, 2.24) is 4.90 Å². The second-order valence-corrected chi connectivity index (χ2v) is 10.4. The van der Waals surface area contributed by atoms with Gasteiger partial charge in [0.05, 0.1) is 24.1 Å². The molecule has 0 bridgehead atoms. The second kappa shape index (κ2) is 12.7. The van der Waals surface area contributed by atoms with E-state index in [0.29, 0.717) is 5.56 Å². The molecule has 4 N–H and O–H groups in total. The number of primary amides is 1. The van der Waals surface area contributed by atoms with Crippen LogP contribution < -0.4 is 15.2 Å². The van der Waals surface area contributed by atoms with Gasteiger partial charge in [-0.25, -0.2) is 17.6 Å². The molecule has 1 fully saturated rings. The SMILES string of the molecule is CCN1CCCC1.COc1c(C(C)C)ccc(NS(=O)(=O)c2ccc(F)cc2CC(N)=O)c1C(=O)O. The number of nitrogens with zero attached hydrogens (tertiary/aromatic N) is 1. The van der Waals surface area contributed by atoms with E-state index in [9.17, 15) is 27.5 Å². The quantitative estimate of drug-likeness (QED) is 0.456. The molecule has 3 rings (SSSR count). The number of hydrogen-bond acceptors (Lipinski definition) is 6. The highest BCUT2D eigenvalue weighted by atomic mass is 32.2. The van der Waals surface area contributed by atoms with E-state index in [4.69, 9.17) is 10.5 Å². The fourth-order valence-electron chi connectivity index (χ4n) is 4.01. The summed E-state index contributed by atoms with van der Waals surface area (Å²) in [6.45, 7) is 9.84. The van der Waals surface area contributed by atoms with Gasteiger partial charge in [0.25, 0.3) is 10.0 Å². The van der Waals surface area contributed by atoms with Gasteiger partial charge in [-0.1, -0.05) is 26.8 Å². The molecule has 1 saturated heterocycles. The first-order chi connectivity index (χ1) is 16.9. The Morgan fingerprint density at radius 1 is 1.19 bits per heavy atom. The predicted molar refractivity (Wildman–Crippen MR) is 135 cm³/mol. The van der Waals surface area contributed by atoms with E-state index in [-0.39, 0.29) is 33.4 Å². The van der Waals surface area contributed by atoms with Crippen molar-refractivity contribution in [3.63, 3.8) is 0 Å². The molecule has 0 spiro atoms. The number of carboxylic acids is 1. The molecule has 0 aliphatic carbocycles. The number of ether oxygens (including phenoxy) is 1. The summed E-state index contributed by atoms with van der Waals surface area (Å²) in [7, 11) is -3.08. The van der Waals surface area contributed by atoms with Crippen molar-refractivity contribution in [2.45, 2.75) is 50.8 Å². The molecule has 0 radical (unpaired) electrons. The number of carbonyl (C=O) groups is 2. The standard InChI is InChI=1S/C19H21FN2O6S.C6H13N/c1-10(2)13-5-6-14(17(19(24)25)18(13)28-3)22-29(26,27)15-7-4-12(20)8-11(15)9-16(21)23;1-2-7-5-3-4-6-7/h4-8,10,22H,9H2,1-3H3,(H2,21,23)(H,24,25);2-6H2,1H3. The molecule has 0 atom stereocenters. The van der Waals surface area contributed by atoms with Crippen molar-refractivity contribution in [3.8, 4) is 5.75 Å². The second-order valence-electron chi connectivity index (χ2n) is 8.71. The smallest absolute Gasteiger partial charge is 0.341 e. The number of hydrogen-bond donors (Lipinski definition) is 3. The molecule has 1 heterocycles. The average Bonchev–Trinajstić information content (AvgIpc) is 3.32. The summed E-state index contributed by atoms with van der Waals surface area (Å²) in [5, 5.41) is 9.64. The lowest BCUT2D eigenvalue weighted by molar-refractivity contribution is -0.117. The van der Waals surface area contributed by atoms with Crippen LogP contribution in [0.1, 0.15) is 61.0 Å². The third kappa shape index (κ3) is 7.41. The Morgan fingerprint density at radius 2 is 1.83 bits per heavy atom. The first-order valence-electron chi connectivity index (χ1n) is 11.7. The Hall–Kier alpha value is -3.18. The molecule has 1 amide bonds. The number of aromatic carboxylic acids is 1. The number of rotatable bonds is 9. The number of amides is 1. The van der Waals surface area contributed by atoms with E-state index in [0.717, 1.165) is 18.2 Å². The summed E-state index contributed by atoms with van der Waals surface area (Å²) in [6.07, 6.45) is 2.34.